The summed E-state index contributed by atoms with van der Waals surface area (Å²) in [7, 11) is 2.01. The maximum atomic E-state index is 5.68. The lowest BCUT2D eigenvalue weighted by molar-refractivity contribution is 0.117. The van der Waals surface area contributed by atoms with Crippen LogP contribution in [0.1, 0.15) is 31.9 Å². The van der Waals surface area contributed by atoms with E-state index in [1.54, 1.807) is 0 Å². The Balaban J connectivity index is 2.13. The molecule has 1 heterocycles. The third-order valence-corrected chi connectivity index (χ3v) is 3.54. The first-order chi connectivity index (χ1) is 8.74. The van der Waals surface area contributed by atoms with E-state index in [9.17, 15) is 0 Å². The van der Waals surface area contributed by atoms with E-state index in [0.29, 0.717) is 24.7 Å². The molecule has 1 aromatic carbocycles. The minimum atomic E-state index is 0.343. The molecule has 1 fully saturated rings. The number of benzene rings is 1. The van der Waals surface area contributed by atoms with Gasteiger partial charge >= 0.3 is 0 Å². The zero-order valence-electron chi connectivity index (χ0n) is 11.5. The molecule has 100 valence electrons. The van der Waals surface area contributed by atoms with Gasteiger partial charge in [-0.3, -0.25) is 0 Å². The standard InChI is InChI=1S/C15H23NO2/c1-4-17-14-7-5-6-12(9-14)15(16-3)13-8-11(2)18-10-13/h5-7,9,11,13,15-16H,4,8,10H2,1-3H3. The van der Waals surface area contributed by atoms with Gasteiger partial charge < -0.3 is 14.8 Å². The van der Waals surface area contributed by atoms with Gasteiger partial charge in [-0.2, -0.15) is 0 Å². The molecule has 3 unspecified atom stereocenters. The van der Waals surface area contributed by atoms with Gasteiger partial charge in [0.1, 0.15) is 5.75 Å². The van der Waals surface area contributed by atoms with E-state index in [1.165, 1.54) is 5.56 Å². The SMILES string of the molecule is CCOc1cccc(C(NC)C2COC(C)C2)c1. The molecule has 0 aliphatic carbocycles. The second kappa shape index (κ2) is 6.21. The van der Waals surface area contributed by atoms with Gasteiger partial charge in [-0.25, -0.2) is 0 Å². The summed E-state index contributed by atoms with van der Waals surface area (Å²) in [4.78, 5) is 0. The number of hydrogen-bond acceptors (Lipinski definition) is 3. The summed E-state index contributed by atoms with van der Waals surface area (Å²) in [5.41, 5.74) is 1.28. The average Bonchev–Trinajstić information content (AvgIpc) is 2.78. The molecule has 3 atom stereocenters. The van der Waals surface area contributed by atoms with Crippen molar-refractivity contribution in [3.8, 4) is 5.75 Å². The first kappa shape index (κ1) is 13.4. The largest absolute Gasteiger partial charge is 0.494 e. The van der Waals surface area contributed by atoms with Gasteiger partial charge in [-0.05, 0) is 45.0 Å². The van der Waals surface area contributed by atoms with Crippen LogP contribution in [0.2, 0.25) is 0 Å². The van der Waals surface area contributed by atoms with Gasteiger partial charge in [0.2, 0.25) is 0 Å². The van der Waals surface area contributed by atoms with Crippen molar-refractivity contribution in [2.75, 3.05) is 20.3 Å². The molecule has 0 radical (unpaired) electrons. The Hall–Kier alpha value is -1.06. The molecule has 0 saturated carbocycles. The molecule has 3 heteroatoms. The number of nitrogens with one attached hydrogen (secondary N) is 1. The quantitative estimate of drug-likeness (QED) is 0.870. The van der Waals surface area contributed by atoms with E-state index in [2.05, 4.69) is 30.4 Å². The Morgan fingerprint density at radius 3 is 2.94 bits per heavy atom. The lowest BCUT2D eigenvalue weighted by atomic mass is 9.91. The van der Waals surface area contributed by atoms with Crippen LogP contribution >= 0.6 is 0 Å². The summed E-state index contributed by atoms with van der Waals surface area (Å²) >= 11 is 0. The molecule has 1 aliphatic heterocycles. The molecule has 0 spiro atoms. The molecule has 1 aliphatic rings. The van der Waals surface area contributed by atoms with Crippen molar-refractivity contribution in [1.29, 1.82) is 0 Å². The monoisotopic (exact) mass is 249 g/mol. The van der Waals surface area contributed by atoms with Crippen LogP contribution in [0.25, 0.3) is 0 Å². The van der Waals surface area contributed by atoms with E-state index in [1.807, 2.05) is 20.0 Å². The zero-order chi connectivity index (χ0) is 13.0. The topological polar surface area (TPSA) is 30.5 Å². The molecule has 0 amide bonds. The third kappa shape index (κ3) is 3.03. The Bertz CT molecular complexity index is 381. The van der Waals surface area contributed by atoms with Gasteiger partial charge in [0.15, 0.2) is 0 Å². The smallest absolute Gasteiger partial charge is 0.119 e. The fourth-order valence-electron chi connectivity index (χ4n) is 2.72. The van der Waals surface area contributed by atoms with Crippen LogP contribution in [0.3, 0.4) is 0 Å². The van der Waals surface area contributed by atoms with Crippen molar-refractivity contribution in [2.24, 2.45) is 5.92 Å². The van der Waals surface area contributed by atoms with Crippen molar-refractivity contribution in [1.82, 2.24) is 5.32 Å². The summed E-state index contributed by atoms with van der Waals surface area (Å²) in [6.07, 6.45) is 1.49. The number of rotatable bonds is 5. The third-order valence-electron chi connectivity index (χ3n) is 3.54. The molecule has 1 aromatic rings. The van der Waals surface area contributed by atoms with Crippen LogP contribution in [0.4, 0.5) is 0 Å². The number of ether oxygens (including phenoxy) is 2. The molecule has 1 saturated heterocycles. The second-order valence-corrected chi connectivity index (χ2v) is 4.91. The predicted octanol–water partition coefficient (Wildman–Crippen LogP) is 2.77. The molecule has 2 rings (SSSR count). The first-order valence-electron chi connectivity index (χ1n) is 6.76. The maximum Gasteiger partial charge on any atom is 0.119 e. The fraction of sp³-hybridized carbons (Fsp3) is 0.600. The molecule has 18 heavy (non-hydrogen) atoms. The molecule has 1 N–H and O–H groups in total. The fourth-order valence-corrected chi connectivity index (χ4v) is 2.72. The van der Waals surface area contributed by atoms with E-state index in [-0.39, 0.29) is 0 Å². The van der Waals surface area contributed by atoms with Crippen molar-refractivity contribution in [2.45, 2.75) is 32.4 Å². The zero-order valence-corrected chi connectivity index (χ0v) is 11.5. The number of hydrogen-bond donors (Lipinski definition) is 1. The predicted molar refractivity (Wildman–Crippen MR) is 72.9 cm³/mol. The molecular formula is C15H23NO2. The van der Waals surface area contributed by atoms with Gasteiger partial charge in [-0.1, -0.05) is 12.1 Å². The van der Waals surface area contributed by atoms with Crippen LogP contribution in [0, 0.1) is 5.92 Å². The normalized spacial score (nSPS) is 25.1. The minimum Gasteiger partial charge on any atom is -0.494 e. The highest BCUT2D eigenvalue weighted by Crippen LogP contribution is 2.32. The highest BCUT2D eigenvalue weighted by Gasteiger charge is 2.29. The van der Waals surface area contributed by atoms with Crippen molar-refractivity contribution < 1.29 is 9.47 Å². The van der Waals surface area contributed by atoms with Crippen LogP contribution in [-0.2, 0) is 4.74 Å². The summed E-state index contributed by atoms with van der Waals surface area (Å²) in [6, 6.07) is 8.70. The highest BCUT2D eigenvalue weighted by molar-refractivity contribution is 5.31. The molecular weight excluding hydrogens is 226 g/mol. The molecule has 0 bridgehead atoms. The van der Waals surface area contributed by atoms with Gasteiger partial charge in [0, 0.05) is 12.0 Å². The Kier molecular flexibility index (Phi) is 4.61. The Morgan fingerprint density at radius 1 is 1.50 bits per heavy atom. The van der Waals surface area contributed by atoms with E-state index < -0.39 is 0 Å². The Labute approximate surface area is 109 Å². The highest BCUT2D eigenvalue weighted by atomic mass is 16.5. The van der Waals surface area contributed by atoms with E-state index in [4.69, 9.17) is 9.47 Å². The first-order valence-corrected chi connectivity index (χ1v) is 6.76. The van der Waals surface area contributed by atoms with Crippen LogP contribution in [-0.4, -0.2) is 26.4 Å². The average molecular weight is 249 g/mol. The summed E-state index contributed by atoms with van der Waals surface area (Å²) in [6.45, 7) is 5.70. The molecule has 3 nitrogen and oxygen atoms in total. The van der Waals surface area contributed by atoms with Crippen molar-refractivity contribution >= 4 is 0 Å². The van der Waals surface area contributed by atoms with Crippen molar-refractivity contribution in [3.63, 3.8) is 0 Å². The van der Waals surface area contributed by atoms with E-state index in [0.717, 1.165) is 18.8 Å². The van der Waals surface area contributed by atoms with Gasteiger partial charge in [-0.15, -0.1) is 0 Å². The Morgan fingerprint density at radius 2 is 2.33 bits per heavy atom. The van der Waals surface area contributed by atoms with Crippen LogP contribution < -0.4 is 10.1 Å². The summed E-state index contributed by atoms with van der Waals surface area (Å²) in [5, 5.41) is 3.41. The van der Waals surface area contributed by atoms with Crippen molar-refractivity contribution in [3.05, 3.63) is 29.8 Å². The van der Waals surface area contributed by atoms with Gasteiger partial charge in [0.25, 0.3) is 0 Å². The lowest BCUT2D eigenvalue weighted by Crippen LogP contribution is -2.25. The van der Waals surface area contributed by atoms with Gasteiger partial charge in [0.05, 0.1) is 19.3 Å². The minimum absolute atomic E-state index is 0.343. The second-order valence-electron chi connectivity index (χ2n) is 4.91. The van der Waals surface area contributed by atoms with Crippen LogP contribution in [0.5, 0.6) is 5.75 Å². The summed E-state index contributed by atoms with van der Waals surface area (Å²) < 4.78 is 11.2. The summed E-state index contributed by atoms with van der Waals surface area (Å²) in [5.74, 6) is 1.49. The lowest BCUT2D eigenvalue weighted by Gasteiger charge is -2.23. The van der Waals surface area contributed by atoms with Crippen LogP contribution in [0.15, 0.2) is 24.3 Å². The molecule has 0 aromatic heterocycles. The maximum absolute atomic E-state index is 5.68. The van der Waals surface area contributed by atoms with E-state index >= 15 is 0 Å².